The first-order valence-electron chi connectivity index (χ1n) is 7.16. The number of halogens is 1. The molecule has 23 heavy (non-hydrogen) atoms. The number of aromatic nitrogens is 2. The maximum Gasteiger partial charge on any atom is 0.270 e. The van der Waals surface area contributed by atoms with E-state index in [0.29, 0.717) is 16.4 Å². The highest BCUT2D eigenvalue weighted by Gasteiger charge is 2.29. The van der Waals surface area contributed by atoms with Crippen LogP contribution in [0.2, 0.25) is 0 Å². The molecular weight excluding hydrogens is 319 g/mol. The summed E-state index contributed by atoms with van der Waals surface area (Å²) in [6, 6.07) is 6.04. The number of hydrogen-bond donors (Lipinski definition) is 1. The molecule has 1 aromatic heterocycles. The quantitative estimate of drug-likeness (QED) is 0.932. The number of nitrogens with zero attached hydrogens (tertiary/aromatic N) is 3. The zero-order valence-corrected chi connectivity index (χ0v) is 13.4. The standard InChI is InChI=1S/C15H15FN4O2S/c1-8(2)14-18-19-15(23-14)17-13(21)12-7-11(20-22-12)9-4-3-5-10(16)6-9/h3-6,8,12H,7H2,1-2H3,(H,17,19,21). The SMILES string of the molecule is CC(C)c1nnc(NC(=O)C2CC(c3cccc(F)c3)=NO2)s1. The first-order chi connectivity index (χ1) is 11.0. The van der Waals surface area contributed by atoms with Crippen LogP contribution in [0.3, 0.4) is 0 Å². The normalized spacial score (nSPS) is 17.0. The minimum atomic E-state index is -0.750. The number of anilines is 1. The molecule has 1 aromatic carbocycles. The van der Waals surface area contributed by atoms with Crippen molar-refractivity contribution in [1.29, 1.82) is 0 Å². The number of benzene rings is 1. The van der Waals surface area contributed by atoms with Crippen LogP contribution in [-0.4, -0.2) is 27.9 Å². The summed E-state index contributed by atoms with van der Waals surface area (Å²) in [5.74, 6) is -0.441. The zero-order chi connectivity index (χ0) is 16.4. The van der Waals surface area contributed by atoms with Crippen LogP contribution in [0.15, 0.2) is 29.4 Å². The van der Waals surface area contributed by atoms with Gasteiger partial charge in [-0.3, -0.25) is 10.1 Å². The summed E-state index contributed by atoms with van der Waals surface area (Å²) in [7, 11) is 0. The van der Waals surface area contributed by atoms with Crippen molar-refractivity contribution < 1.29 is 14.0 Å². The molecule has 0 saturated heterocycles. The van der Waals surface area contributed by atoms with Gasteiger partial charge < -0.3 is 4.84 Å². The van der Waals surface area contributed by atoms with Crippen LogP contribution < -0.4 is 5.32 Å². The Balaban J connectivity index is 1.62. The van der Waals surface area contributed by atoms with Crippen LogP contribution in [0, 0.1) is 5.82 Å². The summed E-state index contributed by atoms with van der Waals surface area (Å²) in [6.45, 7) is 4.01. The van der Waals surface area contributed by atoms with E-state index in [1.165, 1.54) is 23.5 Å². The molecular formula is C15H15FN4O2S. The van der Waals surface area contributed by atoms with Crippen LogP contribution in [-0.2, 0) is 9.63 Å². The third-order valence-corrected chi connectivity index (χ3v) is 4.42. The summed E-state index contributed by atoms with van der Waals surface area (Å²) < 4.78 is 13.2. The van der Waals surface area contributed by atoms with Gasteiger partial charge in [0, 0.05) is 17.9 Å². The minimum absolute atomic E-state index is 0.254. The second-order valence-corrected chi connectivity index (χ2v) is 6.45. The first kappa shape index (κ1) is 15.5. The monoisotopic (exact) mass is 334 g/mol. The second kappa shape index (κ2) is 6.41. The molecule has 0 saturated carbocycles. The molecule has 1 atom stereocenters. The number of carbonyl (C=O) groups is 1. The molecule has 2 aromatic rings. The Hall–Kier alpha value is -2.35. The number of carbonyl (C=O) groups excluding carboxylic acids is 1. The van der Waals surface area contributed by atoms with Crippen molar-refractivity contribution in [2.24, 2.45) is 5.16 Å². The average molecular weight is 334 g/mol. The van der Waals surface area contributed by atoms with Crippen LogP contribution in [0.1, 0.15) is 36.8 Å². The smallest absolute Gasteiger partial charge is 0.270 e. The second-order valence-electron chi connectivity index (χ2n) is 5.44. The van der Waals surface area contributed by atoms with Crippen molar-refractivity contribution in [1.82, 2.24) is 10.2 Å². The molecule has 0 radical (unpaired) electrons. The molecule has 1 aliphatic heterocycles. The molecule has 120 valence electrons. The number of nitrogens with one attached hydrogen (secondary N) is 1. The van der Waals surface area contributed by atoms with Crippen LogP contribution in [0.5, 0.6) is 0 Å². The van der Waals surface area contributed by atoms with Gasteiger partial charge in [-0.2, -0.15) is 0 Å². The van der Waals surface area contributed by atoms with Gasteiger partial charge in [0.1, 0.15) is 10.8 Å². The summed E-state index contributed by atoms with van der Waals surface area (Å²) in [4.78, 5) is 17.4. The Morgan fingerprint density at radius 1 is 1.43 bits per heavy atom. The highest BCUT2D eigenvalue weighted by Crippen LogP contribution is 2.24. The summed E-state index contributed by atoms with van der Waals surface area (Å²) in [5, 5.41) is 15.8. The first-order valence-corrected chi connectivity index (χ1v) is 7.97. The van der Waals surface area contributed by atoms with Crippen molar-refractivity contribution in [2.75, 3.05) is 5.32 Å². The molecule has 1 aliphatic rings. The predicted molar refractivity (Wildman–Crippen MR) is 85.1 cm³/mol. The number of oxime groups is 1. The van der Waals surface area contributed by atoms with Gasteiger partial charge in [0.15, 0.2) is 0 Å². The molecule has 1 unspecified atom stereocenters. The van der Waals surface area contributed by atoms with Crippen LogP contribution >= 0.6 is 11.3 Å². The van der Waals surface area contributed by atoms with E-state index in [1.807, 2.05) is 13.8 Å². The van der Waals surface area contributed by atoms with Crippen molar-refractivity contribution >= 4 is 28.1 Å². The van der Waals surface area contributed by atoms with Crippen LogP contribution in [0.25, 0.3) is 0 Å². The van der Waals surface area contributed by atoms with Gasteiger partial charge in [-0.25, -0.2) is 4.39 Å². The van der Waals surface area contributed by atoms with E-state index in [4.69, 9.17) is 4.84 Å². The van der Waals surface area contributed by atoms with Crippen LogP contribution in [0.4, 0.5) is 9.52 Å². The Bertz CT molecular complexity index is 759. The number of amides is 1. The van der Waals surface area contributed by atoms with Gasteiger partial charge in [0.2, 0.25) is 11.2 Å². The van der Waals surface area contributed by atoms with E-state index in [1.54, 1.807) is 12.1 Å². The van der Waals surface area contributed by atoms with E-state index in [-0.39, 0.29) is 24.1 Å². The molecule has 2 heterocycles. The molecule has 1 amide bonds. The average Bonchev–Trinajstić information content (AvgIpc) is 3.16. The fourth-order valence-corrected chi connectivity index (χ4v) is 2.81. The van der Waals surface area contributed by atoms with Gasteiger partial charge in [-0.05, 0) is 12.1 Å². The van der Waals surface area contributed by atoms with Gasteiger partial charge in [-0.1, -0.05) is 42.5 Å². The van der Waals surface area contributed by atoms with Crippen molar-refractivity contribution in [3.05, 3.63) is 40.7 Å². The third-order valence-electron chi connectivity index (χ3n) is 3.28. The van der Waals surface area contributed by atoms with Crippen molar-refractivity contribution in [3.63, 3.8) is 0 Å². The largest absolute Gasteiger partial charge is 0.382 e. The fourth-order valence-electron chi connectivity index (χ4n) is 2.06. The van der Waals surface area contributed by atoms with E-state index in [9.17, 15) is 9.18 Å². The Kier molecular flexibility index (Phi) is 4.33. The summed E-state index contributed by atoms with van der Waals surface area (Å²) in [6.07, 6.45) is -0.467. The van der Waals surface area contributed by atoms with E-state index < -0.39 is 6.10 Å². The topological polar surface area (TPSA) is 76.5 Å². The lowest BCUT2D eigenvalue weighted by molar-refractivity contribution is -0.125. The van der Waals surface area contributed by atoms with Crippen molar-refractivity contribution in [3.8, 4) is 0 Å². The molecule has 0 bridgehead atoms. The maximum atomic E-state index is 13.2. The summed E-state index contributed by atoms with van der Waals surface area (Å²) in [5.41, 5.74) is 1.16. The Labute approximate surface area is 136 Å². The van der Waals surface area contributed by atoms with Gasteiger partial charge in [0.05, 0.1) is 5.71 Å². The minimum Gasteiger partial charge on any atom is -0.382 e. The highest BCUT2D eigenvalue weighted by atomic mass is 32.1. The summed E-state index contributed by atoms with van der Waals surface area (Å²) >= 11 is 1.33. The predicted octanol–water partition coefficient (Wildman–Crippen LogP) is 2.93. The Morgan fingerprint density at radius 2 is 2.26 bits per heavy atom. The number of hydrogen-bond acceptors (Lipinski definition) is 6. The molecule has 0 aliphatic carbocycles. The lowest BCUT2D eigenvalue weighted by atomic mass is 10.0. The highest BCUT2D eigenvalue weighted by molar-refractivity contribution is 7.15. The van der Waals surface area contributed by atoms with E-state index in [2.05, 4.69) is 20.7 Å². The molecule has 0 spiro atoms. The molecule has 6 nitrogen and oxygen atoms in total. The molecule has 0 fully saturated rings. The van der Waals surface area contributed by atoms with Gasteiger partial charge in [-0.15, -0.1) is 10.2 Å². The number of rotatable bonds is 4. The maximum absolute atomic E-state index is 13.2. The van der Waals surface area contributed by atoms with Gasteiger partial charge >= 0.3 is 0 Å². The third kappa shape index (κ3) is 3.53. The fraction of sp³-hybridized carbons (Fsp3) is 0.333. The molecule has 8 heteroatoms. The molecule has 1 N–H and O–H groups in total. The molecule has 3 rings (SSSR count). The van der Waals surface area contributed by atoms with E-state index >= 15 is 0 Å². The zero-order valence-electron chi connectivity index (χ0n) is 12.6. The Morgan fingerprint density at radius 3 is 2.96 bits per heavy atom. The lowest BCUT2D eigenvalue weighted by Gasteiger charge is -2.06. The van der Waals surface area contributed by atoms with E-state index in [0.717, 1.165) is 5.01 Å². The van der Waals surface area contributed by atoms with Crippen molar-refractivity contribution in [2.45, 2.75) is 32.3 Å². The van der Waals surface area contributed by atoms with Gasteiger partial charge in [0.25, 0.3) is 5.91 Å². The lowest BCUT2D eigenvalue weighted by Crippen LogP contribution is -2.28.